The molecule has 0 saturated heterocycles. The minimum atomic E-state index is -0.700. The topological polar surface area (TPSA) is 81.1 Å². The maximum Gasteiger partial charge on any atom is 0.247 e. The highest BCUT2D eigenvalue weighted by atomic mass is 32.2. The third kappa shape index (κ3) is 3.93. The molecular formula is C21H21N5O2S. The molecule has 7 nitrogen and oxygen atoms in total. The number of fused-ring (bicyclic) bond motifs is 3. The molecule has 1 atom stereocenters. The first-order valence-corrected chi connectivity index (χ1v) is 10.5. The number of hydrogen-bond donors (Lipinski definition) is 0. The van der Waals surface area contributed by atoms with Crippen LogP contribution in [0.1, 0.15) is 38.5 Å². The fourth-order valence-corrected chi connectivity index (χ4v) is 4.02. The fourth-order valence-electron chi connectivity index (χ4n) is 3.16. The normalized spacial score (nSPS) is 15.1. The van der Waals surface area contributed by atoms with Crippen LogP contribution in [-0.2, 0) is 4.79 Å². The van der Waals surface area contributed by atoms with Crippen molar-refractivity contribution in [3.05, 3.63) is 54.4 Å². The Morgan fingerprint density at radius 3 is 2.83 bits per heavy atom. The number of carbonyl (C=O) groups is 1. The number of pyridine rings is 1. The Morgan fingerprint density at radius 1 is 1.21 bits per heavy atom. The number of benzene rings is 1. The van der Waals surface area contributed by atoms with Gasteiger partial charge in [-0.2, -0.15) is 4.98 Å². The van der Waals surface area contributed by atoms with Gasteiger partial charge in [0.25, 0.3) is 0 Å². The number of unbranched alkanes of at least 4 members (excludes halogenated alkanes) is 1. The molecule has 148 valence electrons. The minimum absolute atomic E-state index is 0.149. The Bertz CT molecular complexity index is 1010. The van der Waals surface area contributed by atoms with Crippen LogP contribution >= 0.6 is 11.8 Å². The van der Waals surface area contributed by atoms with Crippen molar-refractivity contribution in [2.75, 3.05) is 10.7 Å². The zero-order chi connectivity index (χ0) is 20.2. The molecule has 2 aromatic heterocycles. The van der Waals surface area contributed by atoms with Crippen LogP contribution < -0.4 is 9.64 Å². The van der Waals surface area contributed by atoms with Gasteiger partial charge in [0.15, 0.2) is 5.69 Å². The van der Waals surface area contributed by atoms with Crippen LogP contribution in [0.3, 0.4) is 0 Å². The van der Waals surface area contributed by atoms with Gasteiger partial charge in [-0.15, -0.1) is 10.2 Å². The number of rotatable bonds is 5. The summed E-state index contributed by atoms with van der Waals surface area (Å²) in [6.07, 6.45) is 4.86. The van der Waals surface area contributed by atoms with Gasteiger partial charge in [0, 0.05) is 36.2 Å². The summed E-state index contributed by atoms with van der Waals surface area (Å²) in [7, 11) is 0. The molecule has 0 radical (unpaired) electrons. The van der Waals surface area contributed by atoms with E-state index in [9.17, 15) is 4.79 Å². The van der Waals surface area contributed by atoms with E-state index in [4.69, 9.17) is 4.74 Å². The molecule has 1 amide bonds. The van der Waals surface area contributed by atoms with Crippen molar-refractivity contribution in [1.82, 2.24) is 20.2 Å². The maximum atomic E-state index is 12.7. The number of thioether (sulfide) groups is 1. The quantitative estimate of drug-likeness (QED) is 0.461. The highest BCUT2D eigenvalue weighted by molar-refractivity contribution is 7.99. The van der Waals surface area contributed by atoms with E-state index >= 15 is 0 Å². The van der Waals surface area contributed by atoms with Crippen molar-refractivity contribution < 1.29 is 9.53 Å². The third-order valence-corrected chi connectivity index (χ3v) is 5.47. The number of carbonyl (C=O) groups excluding carboxylic acids is 1. The number of ether oxygens (including phenoxy) is 1. The summed E-state index contributed by atoms with van der Waals surface area (Å²) in [6, 6.07) is 11.3. The molecule has 0 unspecified atom stereocenters. The molecule has 1 aliphatic rings. The van der Waals surface area contributed by atoms with Crippen LogP contribution in [0.25, 0.3) is 11.3 Å². The lowest BCUT2D eigenvalue weighted by Crippen LogP contribution is -2.36. The zero-order valence-electron chi connectivity index (χ0n) is 16.3. The molecule has 0 fully saturated rings. The van der Waals surface area contributed by atoms with Crippen LogP contribution in [-0.4, -0.2) is 31.8 Å². The van der Waals surface area contributed by atoms with E-state index in [2.05, 4.69) is 27.1 Å². The molecule has 0 saturated carbocycles. The lowest BCUT2D eigenvalue weighted by Gasteiger charge is -2.29. The minimum Gasteiger partial charge on any atom is -0.447 e. The van der Waals surface area contributed by atoms with Gasteiger partial charge >= 0.3 is 0 Å². The standard InChI is InChI=1S/C21H21N5O2S/c1-3-4-12-29-21-23-19-18(24-25-21)16-9-5-6-10-17(16)26(14(2)27)20(28-19)15-8-7-11-22-13-15/h5-11,13,20H,3-4,12H2,1-2H3/t20-/m1/s1. The SMILES string of the molecule is CCCCSc1nnc2c(n1)O[C@H](c1cccnc1)N(C(C)=O)c1ccccc1-2. The summed E-state index contributed by atoms with van der Waals surface area (Å²) >= 11 is 1.55. The maximum absolute atomic E-state index is 12.7. The molecule has 4 rings (SSSR count). The second-order valence-corrected chi connectivity index (χ2v) is 7.67. The first-order chi connectivity index (χ1) is 14.2. The van der Waals surface area contributed by atoms with Crippen LogP contribution in [0.15, 0.2) is 53.9 Å². The predicted octanol–water partition coefficient (Wildman–Crippen LogP) is 4.27. The van der Waals surface area contributed by atoms with Crippen LogP contribution in [0.4, 0.5) is 5.69 Å². The van der Waals surface area contributed by atoms with Crippen molar-refractivity contribution in [2.45, 2.75) is 38.1 Å². The molecule has 0 aliphatic carbocycles. The van der Waals surface area contributed by atoms with Gasteiger partial charge in [-0.1, -0.05) is 49.4 Å². The van der Waals surface area contributed by atoms with E-state index in [-0.39, 0.29) is 5.91 Å². The Labute approximate surface area is 173 Å². The molecule has 1 aliphatic heterocycles. The Morgan fingerprint density at radius 2 is 2.07 bits per heavy atom. The summed E-state index contributed by atoms with van der Waals surface area (Å²) in [5.74, 6) is 1.13. The second-order valence-electron chi connectivity index (χ2n) is 6.61. The van der Waals surface area contributed by atoms with Crippen LogP contribution in [0.5, 0.6) is 5.88 Å². The van der Waals surface area contributed by atoms with Crippen molar-refractivity contribution in [2.24, 2.45) is 0 Å². The lowest BCUT2D eigenvalue weighted by atomic mass is 10.1. The van der Waals surface area contributed by atoms with Gasteiger partial charge in [-0.25, -0.2) is 0 Å². The van der Waals surface area contributed by atoms with E-state index in [1.165, 1.54) is 6.92 Å². The molecule has 1 aromatic carbocycles. The Kier molecular flexibility index (Phi) is 5.71. The lowest BCUT2D eigenvalue weighted by molar-refractivity contribution is -0.118. The highest BCUT2D eigenvalue weighted by Crippen LogP contribution is 2.43. The van der Waals surface area contributed by atoms with E-state index in [0.29, 0.717) is 22.4 Å². The van der Waals surface area contributed by atoms with E-state index < -0.39 is 6.23 Å². The van der Waals surface area contributed by atoms with Crippen molar-refractivity contribution in [1.29, 1.82) is 0 Å². The largest absolute Gasteiger partial charge is 0.447 e. The van der Waals surface area contributed by atoms with E-state index in [0.717, 1.165) is 29.7 Å². The smallest absolute Gasteiger partial charge is 0.247 e. The Balaban J connectivity index is 1.85. The number of aromatic nitrogens is 4. The van der Waals surface area contributed by atoms with Crippen LogP contribution in [0, 0.1) is 0 Å². The van der Waals surface area contributed by atoms with Gasteiger partial charge in [-0.3, -0.25) is 14.7 Å². The van der Waals surface area contributed by atoms with E-state index in [1.54, 1.807) is 29.1 Å². The first-order valence-electron chi connectivity index (χ1n) is 9.52. The van der Waals surface area contributed by atoms with Gasteiger partial charge < -0.3 is 4.74 Å². The monoisotopic (exact) mass is 407 g/mol. The first kappa shape index (κ1) is 19.3. The number of nitrogens with zero attached hydrogens (tertiary/aromatic N) is 5. The molecule has 0 N–H and O–H groups in total. The summed E-state index contributed by atoms with van der Waals surface area (Å²) in [4.78, 5) is 23.1. The molecule has 8 heteroatoms. The molecule has 0 spiro atoms. The zero-order valence-corrected chi connectivity index (χ0v) is 17.1. The number of anilines is 1. The number of amides is 1. The average Bonchev–Trinajstić information content (AvgIpc) is 2.89. The summed E-state index contributed by atoms with van der Waals surface area (Å²) in [5, 5.41) is 9.25. The van der Waals surface area contributed by atoms with Crippen molar-refractivity contribution in [3.8, 4) is 17.1 Å². The predicted molar refractivity (Wildman–Crippen MR) is 112 cm³/mol. The van der Waals surface area contributed by atoms with Crippen molar-refractivity contribution in [3.63, 3.8) is 0 Å². The molecule has 29 heavy (non-hydrogen) atoms. The van der Waals surface area contributed by atoms with E-state index in [1.807, 2.05) is 36.4 Å². The fraction of sp³-hybridized carbons (Fsp3) is 0.286. The molecular weight excluding hydrogens is 386 g/mol. The molecule has 0 bridgehead atoms. The second kappa shape index (κ2) is 8.57. The van der Waals surface area contributed by atoms with Gasteiger partial charge in [0.1, 0.15) is 0 Å². The average molecular weight is 407 g/mol. The summed E-state index contributed by atoms with van der Waals surface area (Å²) < 4.78 is 6.28. The van der Waals surface area contributed by atoms with Gasteiger partial charge in [-0.05, 0) is 18.6 Å². The number of hydrogen-bond acceptors (Lipinski definition) is 7. The Hall–Kier alpha value is -3.00. The molecule has 3 aromatic rings. The highest BCUT2D eigenvalue weighted by Gasteiger charge is 2.34. The van der Waals surface area contributed by atoms with Gasteiger partial charge in [0.05, 0.1) is 5.69 Å². The number of para-hydroxylation sites is 1. The summed E-state index contributed by atoms with van der Waals surface area (Å²) in [5.41, 5.74) is 2.74. The van der Waals surface area contributed by atoms with Crippen molar-refractivity contribution >= 4 is 23.4 Å². The third-order valence-electron chi connectivity index (χ3n) is 4.55. The summed E-state index contributed by atoms with van der Waals surface area (Å²) in [6.45, 7) is 3.66. The molecule has 3 heterocycles. The van der Waals surface area contributed by atoms with Crippen LogP contribution in [0.2, 0.25) is 0 Å². The van der Waals surface area contributed by atoms with Gasteiger partial charge in [0.2, 0.25) is 23.2 Å².